The van der Waals surface area contributed by atoms with Crippen molar-refractivity contribution >= 4 is 23.6 Å². The van der Waals surface area contributed by atoms with E-state index in [0.29, 0.717) is 17.0 Å². The minimum atomic E-state index is -0.495. The summed E-state index contributed by atoms with van der Waals surface area (Å²) in [7, 11) is 1.45. The average Bonchev–Trinajstić information content (AvgIpc) is 2.61. The Kier molecular flexibility index (Phi) is 6.17. The standard InChI is InChI=1S/C19H19NO5/c1-3-25-19(23)14-6-4-5-7-15(14)20-18(22)11-9-13-8-10-16(21)17(12-13)24-2/h4-12,21H,3H2,1-2H3,(H,20,22). The fourth-order valence-corrected chi connectivity index (χ4v) is 2.12. The maximum Gasteiger partial charge on any atom is 0.340 e. The molecule has 0 saturated heterocycles. The molecule has 0 spiro atoms. The van der Waals surface area contributed by atoms with Crippen LogP contribution in [0.3, 0.4) is 0 Å². The van der Waals surface area contributed by atoms with Gasteiger partial charge in [0.05, 0.1) is 25.0 Å². The summed E-state index contributed by atoms with van der Waals surface area (Å²) in [5.74, 6) is -0.558. The third-order valence-corrected chi connectivity index (χ3v) is 3.31. The van der Waals surface area contributed by atoms with E-state index in [1.165, 1.54) is 19.3 Å². The molecule has 0 heterocycles. The topological polar surface area (TPSA) is 84.9 Å². The number of carbonyl (C=O) groups excluding carboxylic acids is 2. The molecule has 130 valence electrons. The number of phenolic OH excluding ortho intramolecular Hbond substituents is 1. The molecule has 0 aliphatic heterocycles. The first-order valence-corrected chi connectivity index (χ1v) is 7.67. The molecule has 0 radical (unpaired) electrons. The van der Waals surface area contributed by atoms with Crippen molar-refractivity contribution in [2.75, 3.05) is 19.0 Å². The fourth-order valence-electron chi connectivity index (χ4n) is 2.12. The number of hydrogen-bond acceptors (Lipinski definition) is 5. The molecule has 0 aliphatic rings. The molecule has 2 aromatic rings. The molecule has 2 aromatic carbocycles. The van der Waals surface area contributed by atoms with Crippen molar-refractivity contribution in [3.8, 4) is 11.5 Å². The van der Waals surface area contributed by atoms with E-state index >= 15 is 0 Å². The quantitative estimate of drug-likeness (QED) is 0.622. The molecular formula is C19H19NO5. The zero-order valence-corrected chi connectivity index (χ0v) is 14.0. The monoisotopic (exact) mass is 341 g/mol. The Morgan fingerprint density at radius 1 is 1.20 bits per heavy atom. The summed E-state index contributed by atoms with van der Waals surface area (Å²) in [5, 5.41) is 12.2. The summed E-state index contributed by atoms with van der Waals surface area (Å²) in [6.45, 7) is 1.97. The number of hydrogen-bond donors (Lipinski definition) is 2. The van der Waals surface area contributed by atoms with Gasteiger partial charge in [-0.1, -0.05) is 18.2 Å². The van der Waals surface area contributed by atoms with Crippen molar-refractivity contribution in [2.24, 2.45) is 0 Å². The summed E-state index contributed by atoms with van der Waals surface area (Å²) in [5.41, 5.74) is 1.35. The second-order valence-electron chi connectivity index (χ2n) is 5.02. The lowest BCUT2D eigenvalue weighted by Crippen LogP contribution is -2.13. The molecule has 0 aliphatic carbocycles. The summed E-state index contributed by atoms with van der Waals surface area (Å²) in [4.78, 5) is 24.0. The van der Waals surface area contributed by atoms with Gasteiger partial charge in [-0.15, -0.1) is 0 Å². The lowest BCUT2D eigenvalue weighted by molar-refractivity contribution is -0.111. The highest BCUT2D eigenvalue weighted by atomic mass is 16.5. The number of carbonyl (C=O) groups is 2. The second-order valence-corrected chi connectivity index (χ2v) is 5.02. The zero-order chi connectivity index (χ0) is 18.2. The number of amides is 1. The van der Waals surface area contributed by atoms with Gasteiger partial charge in [-0.05, 0) is 42.8 Å². The second kappa shape index (κ2) is 8.54. The van der Waals surface area contributed by atoms with E-state index in [1.54, 1.807) is 49.4 Å². The molecular weight excluding hydrogens is 322 g/mol. The van der Waals surface area contributed by atoms with Crippen molar-refractivity contribution in [3.05, 3.63) is 59.7 Å². The number of aromatic hydroxyl groups is 1. The molecule has 0 atom stereocenters. The third-order valence-electron chi connectivity index (χ3n) is 3.31. The molecule has 2 N–H and O–H groups in total. The predicted molar refractivity (Wildman–Crippen MR) is 94.7 cm³/mol. The van der Waals surface area contributed by atoms with Crippen LogP contribution in [0.15, 0.2) is 48.5 Å². The minimum absolute atomic E-state index is 0.0208. The van der Waals surface area contributed by atoms with Crippen LogP contribution in [0, 0.1) is 0 Å². The Labute approximate surface area is 145 Å². The SMILES string of the molecule is CCOC(=O)c1ccccc1NC(=O)C=Cc1ccc(O)c(OC)c1. The molecule has 0 aromatic heterocycles. The van der Waals surface area contributed by atoms with Gasteiger partial charge in [0.2, 0.25) is 5.91 Å². The first kappa shape index (κ1) is 18.1. The summed E-state index contributed by atoms with van der Waals surface area (Å²) in [6.07, 6.45) is 2.90. The molecule has 6 heteroatoms. The van der Waals surface area contributed by atoms with Crippen LogP contribution in [-0.2, 0) is 9.53 Å². The van der Waals surface area contributed by atoms with Crippen LogP contribution in [0.4, 0.5) is 5.69 Å². The van der Waals surface area contributed by atoms with E-state index in [2.05, 4.69) is 5.32 Å². The number of para-hydroxylation sites is 1. The number of methoxy groups -OCH3 is 1. The van der Waals surface area contributed by atoms with Crippen molar-refractivity contribution in [1.29, 1.82) is 0 Å². The third kappa shape index (κ3) is 4.84. The van der Waals surface area contributed by atoms with Gasteiger partial charge in [-0.3, -0.25) is 4.79 Å². The number of anilines is 1. The van der Waals surface area contributed by atoms with Crippen molar-refractivity contribution in [1.82, 2.24) is 0 Å². The van der Waals surface area contributed by atoms with Crippen LogP contribution in [-0.4, -0.2) is 30.7 Å². The Bertz CT molecular complexity index is 798. The summed E-state index contributed by atoms with van der Waals surface area (Å²) < 4.78 is 9.99. The minimum Gasteiger partial charge on any atom is -0.504 e. The number of phenols is 1. The van der Waals surface area contributed by atoms with E-state index in [1.807, 2.05) is 0 Å². The highest BCUT2D eigenvalue weighted by Crippen LogP contribution is 2.26. The van der Waals surface area contributed by atoms with Crippen LogP contribution in [0.25, 0.3) is 6.08 Å². The largest absolute Gasteiger partial charge is 0.504 e. The van der Waals surface area contributed by atoms with E-state index < -0.39 is 11.9 Å². The Morgan fingerprint density at radius 3 is 2.68 bits per heavy atom. The van der Waals surface area contributed by atoms with Crippen LogP contribution >= 0.6 is 0 Å². The number of esters is 1. The lowest BCUT2D eigenvalue weighted by Gasteiger charge is -2.08. The molecule has 25 heavy (non-hydrogen) atoms. The zero-order valence-electron chi connectivity index (χ0n) is 14.0. The highest BCUT2D eigenvalue weighted by molar-refractivity contribution is 6.06. The van der Waals surface area contributed by atoms with Crippen LogP contribution in [0.1, 0.15) is 22.8 Å². The normalized spacial score (nSPS) is 10.5. The molecule has 1 amide bonds. The molecule has 0 unspecified atom stereocenters. The number of benzene rings is 2. The first-order chi connectivity index (χ1) is 12.0. The van der Waals surface area contributed by atoms with Crippen LogP contribution < -0.4 is 10.1 Å². The molecule has 0 saturated carbocycles. The Balaban J connectivity index is 2.12. The maximum atomic E-state index is 12.1. The van der Waals surface area contributed by atoms with Crippen molar-refractivity contribution in [3.63, 3.8) is 0 Å². The average molecular weight is 341 g/mol. The van der Waals surface area contributed by atoms with Gasteiger partial charge in [-0.2, -0.15) is 0 Å². The maximum absolute atomic E-state index is 12.1. The van der Waals surface area contributed by atoms with Crippen LogP contribution in [0.2, 0.25) is 0 Å². The van der Waals surface area contributed by atoms with E-state index in [9.17, 15) is 14.7 Å². The lowest BCUT2D eigenvalue weighted by atomic mass is 10.1. The van der Waals surface area contributed by atoms with Gasteiger partial charge in [-0.25, -0.2) is 4.79 Å². The highest BCUT2D eigenvalue weighted by Gasteiger charge is 2.12. The number of ether oxygens (including phenoxy) is 2. The summed E-state index contributed by atoms with van der Waals surface area (Å²) in [6, 6.07) is 11.4. The molecule has 6 nitrogen and oxygen atoms in total. The van der Waals surface area contributed by atoms with E-state index in [0.717, 1.165) is 0 Å². The van der Waals surface area contributed by atoms with Crippen LogP contribution in [0.5, 0.6) is 11.5 Å². The fraction of sp³-hybridized carbons (Fsp3) is 0.158. The Hall–Kier alpha value is -3.28. The van der Waals surface area contributed by atoms with Gasteiger partial charge in [0.25, 0.3) is 0 Å². The predicted octanol–water partition coefficient (Wildman–Crippen LogP) is 3.23. The first-order valence-electron chi connectivity index (χ1n) is 7.67. The molecule has 0 fully saturated rings. The van der Waals surface area contributed by atoms with Gasteiger partial charge >= 0.3 is 5.97 Å². The van der Waals surface area contributed by atoms with E-state index in [4.69, 9.17) is 9.47 Å². The molecule has 2 rings (SSSR count). The number of rotatable bonds is 6. The van der Waals surface area contributed by atoms with E-state index in [-0.39, 0.29) is 17.9 Å². The van der Waals surface area contributed by atoms with Gasteiger partial charge in [0.15, 0.2) is 11.5 Å². The number of nitrogens with one attached hydrogen (secondary N) is 1. The Morgan fingerprint density at radius 2 is 1.96 bits per heavy atom. The van der Waals surface area contributed by atoms with Gasteiger partial charge in [0.1, 0.15) is 0 Å². The van der Waals surface area contributed by atoms with Crippen molar-refractivity contribution in [2.45, 2.75) is 6.92 Å². The van der Waals surface area contributed by atoms with Crippen molar-refractivity contribution < 1.29 is 24.2 Å². The smallest absolute Gasteiger partial charge is 0.340 e. The summed E-state index contributed by atoms with van der Waals surface area (Å²) >= 11 is 0. The van der Waals surface area contributed by atoms with Gasteiger partial charge in [0, 0.05) is 6.08 Å². The van der Waals surface area contributed by atoms with Gasteiger partial charge < -0.3 is 19.9 Å². The molecule has 0 bridgehead atoms.